The molecule has 2 aromatic rings. The van der Waals surface area contributed by atoms with Crippen molar-refractivity contribution in [1.29, 1.82) is 0 Å². The van der Waals surface area contributed by atoms with Crippen molar-refractivity contribution in [2.45, 2.75) is 6.10 Å². The molecule has 2 aromatic carbocycles. The van der Waals surface area contributed by atoms with Gasteiger partial charge in [-0.15, -0.1) is 0 Å². The molecule has 1 heterocycles. The maximum atomic E-state index is 11.5. The van der Waals surface area contributed by atoms with Crippen molar-refractivity contribution in [2.75, 3.05) is 14.2 Å². The van der Waals surface area contributed by atoms with Gasteiger partial charge in [0.1, 0.15) is 0 Å². The number of methoxy groups -OCH3 is 2. The third-order valence-corrected chi connectivity index (χ3v) is 3.73. The Hall–Kier alpha value is -3.42. The highest BCUT2D eigenvalue weighted by molar-refractivity contribution is 5.99. The van der Waals surface area contributed by atoms with Crippen LogP contribution in [0, 0.1) is 10.1 Å². The number of ether oxygens (including phenoxy) is 3. The Balaban J connectivity index is 2.12. The molecule has 0 aromatic heterocycles. The van der Waals surface area contributed by atoms with Gasteiger partial charge in [-0.3, -0.25) is 14.9 Å². The van der Waals surface area contributed by atoms with E-state index in [9.17, 15) is 14.9 Å². The van der Waals surface area contributed by atoms with Crippen molar-refractivity contribution < 1.29 is 23.9 Å². The van der Waals surface area contributed by atoms with Crippen LogP contribution in [-0.4, -0.2) is 31.3 Å². The van der Waals surface area contributed by atoms with Crippen LogP contribution in [0.5, 0.6) is 11.5 Å². The average Bonchev–Trinajstić information content (AvgIpc) is 2.65. The molecule has 0 N–H and O–H groups in total. The maximum Gasteiger partial charge on any atom is 0.270 e. The summed E-state index contributed by atoms with van der Waals surface area (Å²) in [6, 6.07) is 9.11. The van der Waals surface area contributed by atoms with Gasteiger partial charge in [-0.25, -0.2) is 4.99 Å². The molecule has 0 bridgehead atoms. The Labute approximate surface area is 142 Å². The third kappa shape index (κ3) is 3.01. The van der Waals surface area contributed by atoms with Gasteiger partial charge in [-0.1, -0.05) is 6.07 Å². The van der Waals surface area contributed by atoms with Crippen LogP contribution in [0.25, 0.3) is 0 Å². The Bertz CT molecular complexity index is 877. The SMILES string of the molecule is COc1cc2c(cc1OC)C(C=O)OC(c1cccc([N+](=O)[O-])c1)=N2. The van der Waals surface area contributed by atoms with Gasteiger partial charge < -0.3 is 14.2 Å². The molecule has 0 saturated carbocycles. The van der Waals surface area contributed by atoms with Crippen LogP contribution in [-0.2, 0) is 9.53 Å². The molecule has 1 atom stereocenters. The third-order valence-electron chi connectivity index (χ3n) is 3.73. The van der Waals surface area contributed by atoms with Gasteiger partial charge in [-0.2, -0.15) is 0 Å². The first kappa shape index (κ1) is 16.4. The molecule has 0 fully saturated rings. The summed E-state index contributed by atoms with van der Waals surface area (Å²) < 4.78 is 16.1. The fourth-order valence-corrected chi connectivity index (χ4v) is 2.51. The number of nitro benzene ring substituents is 1. The van der Waals surface area contributed by atoms with E-state index >= 15 is 0 Å². The van der Waals surface area contributed by atoms with Crippen LogP contribution in [0.3, 0.4) is 0 Å². The lowest BCUT2D eigenvalue weighted by Crippen LogP contribution is -2.18. The zero-order chi connectivity index (χ0) is 18.0. The van der Waals surface area contributed by atoms with Gasteiger partial charge in [0.05, 0.1) is 24.8 Å². The molecule has 0 amide bonds. The first-order valence-corrected chi connectivity index (χ1v) is 7.28. The highest BCUT2D eigenvalue weighted by Crippen LogP contribution is 2.41. The summed E-state index contributed by atoms with van der Waals surface area (Å²) in [6.07, 6.45) is -0.266. The van der Waals surface area contributed by atoms with Crippen molar-refractivity contribution in [2.24, 2.45) is 4.99 Å². The van der Waals surface area contributed by atoms with Crippen LogP contribution >= 0.6 is 0 Å². The lowest BCUT2D eigenvalue weighted by molar-refractivity contribution is -0.384. The number of aliphatic imine (C=N–C) groups is 1. The van der Waals surface area contributed by atoms with E-state index in [0.29, 0.717) is 34.6 Å². The number of benzene rings is 2. The van der Waals surface area contributed by atoms with Crippen LogP contribution in [0.1, 0.15) is 17.2 Å². The van der Waals surface area contributed by atoms with E-state index in [4.69, 9.17) is 14.2 Å². The summed E-state index contributed by atoms with van der Waals surface area (Å²) in [5, 5.41) is 10.9. The Morgan fingerprint density at radius 3 is 2.56 bits per heavy atom. The van der Waals surface area contributed by atoms with E-state index in [1.54, 1.807) is 18.2 Å². The van der Waals surface area contributed by atoms with Crippen LogP contribution in [0.4, 0.5) is 11.4 Å². The molecular formula is C17H14N2O6. The molecule has 1 unspecified atom stereocenters. The van der Waals surface area contributed by atoms with Crippen molar-refractivity contribution in [3.8, 4) is 11.5 Å². The predicted molar refractivity (Wildman–Crippen MR) is 88.7 cm³/mol. The van der Waals surface area contributed by atoms with E-state index in [-0.39, 0.29) is 11.6 Å². The van der Waals surface area contributed by atoms with Crippen molar-refractivity contribution in [3.63, 3.8) is 0 Å². The predicted octanol–water partition coefficient (Wildman–Crippen LogP) is 2.96. The minimum atomic E-state index is -0.901. The van der Waals surface area contributed by atoms with E-state index in [2.05, 4.69) is 4.99 Å². The number of aldehydes is 1. The fraction of sp³-hybridized carbons (Fsp3) is 0.176. The molecule has 0 aliphatic carbocycles. The van der Waals surface area contributed by atoms with E-state index in [1.165, 1.54) is 32.4 Å². The highest BCUT2D eigenvalue weighted by Gasteiger charge is 2.27. The van der Waals surface area contributed by atoms with Crippen LogP contribution in [0.2, 0.25) is 0 Å². The summed E-state index contributed by atoms with van der Waals surface area (Å²) in [7, 11) is 2.98. The minimum absolute atomic E-state index is 0.0930. The van der Waals surface area contributed by atoms with Gasteiger partial charge in [0.2, 0.25) is 5.90 Å². The molecule has 25 heavy (non-hydrogen) atoms. The standard InChI is InChI=1S/C17H14N2O6/c1-23-14-7-12-13(8-15(14)24-2)18-17(25-16(12)9-20)10-4-3-5-11(6-10)19(21)22/h3-9,16H,1-2H3. The maximum absolute atomic E-state index is 11.5. The smallest absolute Gasteiger partial charge is 0.270 e. The molecule has 0 radical (unpaired) electrons. The summed E-state index contributed by atoms with van der Waals surface area (Å²) in [4.78, 5) is 26.3. The summed E-state index contributed by atoms with van der Waals surface area (Å²) in [5.41, 5.74) is 1.32. The van der Waals surface area contributed by atoms with Crippen LogP contribution in [0.15, 0.2) is 41.4 Å². The molecule has 0 saturated heterocycles. The lowest BCUT2D eigenvalue weighted by Gasteiger charge is -2.23. The number of fused-ring (bicyclic) bond motifs is 1. The van der Waals surface area contributed by atoms with Gasteiger partial charge in [-0.05, 0) is 12.1 Å². The Morgan fingerprint density at radius 1 is 1.20 bits per heavy atom. The van der Waals surface area contributed by atoms with Gasteiger partial charge >= 0.3 is 0 Å². The number of rotatable bonds is 5. The van der Waals surface area contributed by atoms with E-state index in [1.807, 2.05) is 0 Å². The number of nitrogens with zero attached hydrogens (tertiary/aromatic N) is 2. The normalized spacial score (nSPS) is 15.4. The van der Waals surface area contributed by atoms with E-state index < -0.39 is 11.0 Å². The molecule has 8 nitrogen and oxygen atoms in total. The second kappa shape index (κ2) is 6.60. The molecule has 3 rings (SSSR count). The summed E-state index contributed by atoms with van der Waals surface area (Å²) >= 11 is 0. The quantitative estimate of drug-likeness (QED) is 0.470. The number of non-ortho nitro benzene ring substituents is 1. The number of hydrogen-bond acceptors (Lipinski definition) is 7. The number of hydrogen-bond donors (Lipinski definition) is 0. The Morgan fingerprint density at radius 2 is 1.92 bits per heavy atom. The summed E-state index contributed by atoms with van der Waals surface area (Å²) in [6.45, 7) is 0. The monoisotopic (exact) mass is 342 g/mol. The molecule has 0 spiro atoms. The lowest BCUT2D eigenvalue weighted by atomic mass is 10.0. The zero-order valence-corrected chi connectivity index (χ0v) is 13.5. The minimum Gasteiger partial charge on any atom is -0.493 e. The van der Waals surface area contributed by atoms with Crippen molar-refractivity contribution in [3.05, 3.63) is 57.6 Å². The van der Waals surface area contributed by atoms with Gasteiger partial charge in [0.25, 0.3) is 5.69 Å². The zero-order valence-electron chi connectivity index (χ0n) is 13.5. The first-order chi connectivity index (χ1) is 12.1. The largest absolute Gasteiger partial charge is 0.493 e. The molecule has 128 valence electrons. The first-order valence-electron chi connectivity index (χ1n) is 7.28. The highest BCUT2D eigenvalue weighted by atomic mass is 16.6. The van der Waals surface area contributed by atoms with Gasteiger partial charge in [0.15, 0.2) is 23.9 Å². The Kier molecular flexibility index (Phi) is 4.34. The van der Waals surface area contributed by atoms with Crippen LogP contribution < -0.4 is 9.47 Å². The molecule has 8 heteroatoms. The second-order valence-electron chi connectivity index (χ2n) is 5.16. The van der Waals surface area contributed by atoms with E-state index in [0.717, 1.165) is 0 Å². The fourth-order valence-electron chi connectivity index (χ4n) is 2.51. The second-order valence-corrected chi connectivity index (χ2v) is 5.16. The molecular weight excluding hydrogens is 328 g/mol. The molecule has 1 aliphatic rings. The number of carbonyl (C=O) groups is 1. The van der Waals surface area contributed by atoms with Crippen molar-refractivity contribution in [1.82, 2.24) is 0 Å². The number of carbonyl (C=O) groups excluding carboxylic acids is 1. The molecule has 1 aliphatic heterocycles. The van der Waals surface area contributed by atoms with Crippen molar-refractivity contribution >= 4 is 23.6 Å². The average molecular weight is 342 g/mol. The number of nitro groups is 1. The topological polar surface area (TPSA) is 100 Å². The van der Waals surface area contributed by atoms with Gasteiger partial charge in [0, 0.05) is 29.3 Å². The summed E-state index contributed by atoms with van der Waals surface area (Å²) in [5.74, 6) is 1.03.